The summed E-state index contributed by atoms with van der Waals surface area (Å²) in [6.45, 7) is 0.125. The van der Waals surface area contributed by atoms with Gasteiger partial charge in [0.25, 0.3) is 0 Å². The summed E-state index contributed by atoms with van der Waals surface area (Å²) in [7, 11) is 0. The van der Waals surface area contributed by atoms with Gasteiger partial charge in [0.1, 0.15) is 18.7 Å². The van der Waals surface area contributed by atoms with E-state index in [0.29, 0.717) is 5.57 Å². The first kappa shape index (κ1) is 16.9. The van der Waals surface area contributed by atoms with Crippen LogP contribution in [0.15, 0.2) is 42.0 Å². The van der Waals surface area contributed by atoms with Crippen LogP contribution >= 0.6 is 0 Å². The van der Waals surface area contributed by atoms with Gasteiger partial charge < -0.3 is 10.6 Å². The van der Waals surface area contributed by atoms with Crippen LogP contribution in [0.5, 0.6) is 0 Å². The third kappa shape index (κ3) is 3.45. The SMILES string of the molecule is NC(=O)[C@@H]1C=C(CC[N+](=O)[O-])[C@@H]2CN1C(=O)N2OCc1ccccc1. The molecule has 0 radical (unpaired) electrons. The Morgan fingerprint density at radius 1 is 1.36 bits per heavy atom. The van der Waals surface area contributed by atoms with Gasteiger partial charge in [-0.25, -0.2) is 4.79 Å². The minimum atomic E-state index is -0.907. The maximum atomic E-state index is 12.6. The molecule has 2 bridgehead atoms. The summed E-state index contributed by atoms with van der Waals surface area (Å²) in [5, 5.41) is 11.9. The normalized spacial score (nSPS) is 22.1. The molecule has 0 spiro atoms. The highest BCUT2D eigenvalue weighted by molar-refractivity contribution is 5.90. The zero-order chi connectivity index (χ0) is 18.0. The average molecular weight is 346 g/mol. The van der Waals surface area contributed by atoms with Crippen LogP contribution in [-0.4, -0.2) is 52.0 Å². The van der Waals surface area contributed by atoms with Crippen molar-refractivity contribution in [2.24, 2.45) is 5.73 Å². The monoisotopic (exact) mass is 346 g/mol. The molecule has 9 nitrogen and oxygen atoms in total. The van der Waals surface area contributed by atoms with Crippen molar-refractivity contribution in [2.45, 2.75) is 25.1 Å². The number of carbonyl (C=O) groups excluding carboxylic acids is 2. The van der Waals surface area contributed by atoms with Gasteiger partial charge in [-0.05, 0) is 11.1 Å². The van der Waals surface area contributed by atoms with Crippen molar-refractivity contribution in [3.63, 3.8) is 0 Å². The van der Waals surface area contributed by atoms with Crippen LogP contribution in [-0.2, 0) is 16.2 Å². The fourth-order valence-electron chi connectivity index (χ4n) is 3.07. The van der Waals surface area contributed by atoms with E-state index in [1.54, 1.807) is 6.08 Å². The Hall–Kier alpha value is -2.94. The molecule has 1 saturated heterocycles. The van der Waals surface area contributed by atoms with Gasteiger partial charge >= 0.3 is 6.03 Å². The summed E-state index contributed by atoms with van der Waals surface area (Å²) < 4.78 is 0. The Morgan fingerprint density at radius 2 is 2.08 bits per heavy atom. The van der Waals surface area contributed by atoms with E-state index >= 15 is 0 Å². The van der Waals surface area contributed by atoms with Gasteiger partial charge in [-0.1, -0.05) is 36.4 Å². The fraction of sp³-hybridized carbons (Fsp3) is 0.375. The van der Waals surface area contributed by atoms with Gasteiger partial charge in [-0.3, -0.25) is 19.7 Å². The largest absolute Gasteiger partial charge is 0.368 e. The number of nitrogens with zero attached hydrogens (tertiary/aromatic N) is 3. The molecule has 3 amide bonds. The minimum absolute atomic E-state index is 0.133. The maximum absolute atomic E-state index is 12.6. The smallest absolute Gasteiger partial charge is 0.345 e. The van der Waals surface area contributed by atoms with Crippen molar-refractivity contribution in [3.8, 4) is 0 Å². The number of amides is 3. The molecule has 3 rings (SSSR count). The van der Waals surface area contributed by atoms with Gasteiger partial charge in [0.15, 0.2) is 0 Å². The lowest BCUT2D eigenvalue weighted by atomic mass is 9.97. The van der Waals surface area contributed by atoms with Crippen molar-refractivity contribution >= 4 is 11.9 Å². The molecule has 1 fully saturated rings. The predicted molar refractivity (Wildman–Crippen MR) is 86.5 cm³/mol. The lowest BCUT2D eigenvalue weighted by Crippen LogP contribution is -2.46. The molecule has 2 atom stereocenters. The third-order valence-electron chi connectivity index (χ3n) is 4.31. The van der Waals surface area contributed by atoms with Gasteiger partial charge in [0.05, 0.1) is 6.54 Å². The van der Waals surface area contributed by atoms with Crippen LogP contribution in [0.3, 0.4) is 0 Å². The molecule has 132 valence electrons. The van der Waals surface area contributed by atoms with Crippen LogP contribution in [0, 0.1) is 10.1 Å². The fourth-order valence-corrected chi connectivity index (χ4v) is 3.07. The van der Waals surface area contributed by atoms with E-state index in [1.165, 1.54) is 9.96 Å². The third-order valence-corrected chi connectivity index (χ3v) is 4.31. The van der Waals surface area contributed by atoms with E-state index in [1.807, 2.05) is 30.3 Å². The van der Waals surface area contributed by atoms with Gasteiger partial charge in [-0.2, -0.15) is 5.06 Å². The van der Waals surface area contributed by atoms with E-state index in [4.69, 9.17) is 10.6 Å². The molecular weight excluding hydrogens is 328 g/mol. The summed E-state index contributed by atoms with van der Waals surface area (Å²) in [4.78, 5) is 41.4. The first-order valence-corrected chi connectivity index (χ1v) is 7.85. The number of urea groups is 1. The van der Waals surface area contributed by atoms with E-state index in [2.05, 4.69) is 0 Å². The van der Waals surface area contributed by atoms with Crippen LogP contribution in [0.4, 0.5) is 4.79 Å². The van der Waals surface area contributed by atoms with Crippen molar-refractivity contribution in [3.05, 3.63) is 57.7 Å². The van der Waals surface area contributed by atoms with E-state index in [9.17, 15) is 19.7 Å². The summed E-state index contributed by atoms with van der Waals surface area (Å²) in [6.07, 6.45) is 1.68. The number of nitro groups is 1. The van der Waals surface area contributed by atoms with Crippen molar-refractivity contribution in [1.82, 2.24) is 9.96 Å². The Morgan fingerprint density at radius 3 is 2.72 bits per heavy atom. The zero-order valence-electron chi connectivity index (χ0n) is 13.4. The molecule has 25 heavy (non-hydrogen) atoms. The van der Waals surface area contributed by atoms with Crippen molar-refractivity contribution < 1.29 is 19.3 Å². The first-order chi connectivity index (χ1) is 12.0. The quantitative estimate of drug-likeness (QED) is 0.442. The number of rotatable bonds is 7. The number of hydroxylamine groups is 2. The molecular formula is C16H18N4O5. The molecule has 0 saturated carbocycles. The van der Waals surface area contributed by atoms with Crippen LogP contribution in [0.25, 0.3) is 0 Å². The highest BCUT2D eigenvalue weighted by atomic mass is 16.7. The highest BCUT2D eigenvalue weighted by Gasteiger charge is 2.48. The summed E-state index contributed by atoms with van der Waals surface area (Å²) in [6, 6.07) is 7.50. The molecule has 1 aromatic carbocycles. The number of fused-ring (bicyclic) bond motifs is 2. The lowest BCUT2D eigenvalue weighted by Gasteiger charge is -2.27. The Balaban J connectivity index is 1.78. The maximum Gasteiger partial charge on any atom is 0.345 e. The lowest BCUT2D eigenvalue weighted by molar-refractivity contribution is -0.479. The first-order valence-electron chi connectivity index (χ1n) is 7.85. The molecule has 2 aliphatic rings. The number of carbonyl (C=O) groups is 2. The predicted octanol–water partition coefficient (Wildman–Crippen LogP) is 0.685. The van der Waals surface area contributed by atoms with Crippen molar-refractivity contribution in [2.75, 3.05) is 13.1 Å². The second-order valence-corrected chi connectivity index (χ2v) is 5.93. The standard InChI is InChI=1S/C16H18N4O5/c17-15(21)13-8-12(6-7-19(23)24)14-9-18(13)16(22)20(14)25-10-11-4-2-1-3-5-11/h1-5,8,13-14H,6-7,9-10H2,(H2,17,21)/t13-,14-/m0/s1. The summed E-state index contributed by atoms with van der Waals surface area (Å²) in [5.74, 6) is -0.671. The Kier molecular flexibility index (Phi) is 4.66. The number of nitrogens with two attached hydrogens (primary N) is 1. The molecule has 0 unspecified atom stereocenters. The Labute approximate surface area is 143 Å². The van der Waals surface area contributed by atoms with E-state index in [0.717, 1.165) is 5.56 Å². The number of hydrogen-bond acceptors (Lipinski definition) is 5. The van der Waals surface area contributed by atoms with E-state index < -0.39 is 28.9 Å². The van der Waals surface area contributed by atoms with Crippen molar-refractivity contribution in [1.29, 1.82) is 0 Å². The van der Waals surface area contributed by atoms with Gasteiger partial charge in [0, 0.05) is 11.3 Å². The molecule has 1 aromatic rings. The summed E-state index contributed by atoms with van der Waals surface area (Å²) in [5.41, 5.74) is 6.88. The van der Waals surface area contributed by atoms with Crippen LogP contribution in [0.2, 0.25) is 0 Å². The number of hydrogen-bond donors (Lipinski definition) is 1. The Bertz CT molecular complexity index is 720. The van der Waals surface area contributed by atoms with Crippen LogP contribution in [0.1, 0.15) is 12.0 Å². The zero-order valence-corrected chi connectivity index (χ0v) is 13.4. The highest BCUT2D eigenvalue weighted by Crippen LogP contribution is 2.32. The average Bonchev–Trinajstić information content (AvgIpc) is 2.86. The minimum Gasteiger partial charge on any atom is -0.368 e. The molecule has 2 N–H and O–H groups in total. The van der Waals surface area contributed by atoms with E-state index in [-0.39, 0.29) is 26.1 Å². The summed E-state index contributed by atoms with van der Waals surface area (Å²) >= 11 is 0. The van der Waals surface area contributed by atoms with Crippen LogP contribution < -0.4 is 5.73 Å². The molecule has 2 aliphatic heterocycles. The second-order valence-electron chi connectivity index (χ2n) is 5.93. The second kappa shape index (κ2) is 6.89. The number of benzene rings is 1. The van der Waals surface area contributed by atoms with Gasteiger partial charge in [0.2, 0.25) is 12.5 Å². The molecule has 9 heteroatoms. The molecule has 0 aliphatic carbocycles. The number of primary amides is 1. The topological polar surface area (TPSA) is 119 Å². The molecule has 2 heterocycles. The van der Waals surface area contributed by atoms with Gasteiger partial charge in [-0.15, -0.1) is 0 Å². The molecule has 0 aromatic heterocycles.